The number of amides is 1. The first-order valence-corrected chi connectivity index (χ1v) is 9.55. The standard InChI is InChI=1S/C17H25BrN6O2/c1-5-11-13(19)24-15(12(18)8-20-24)22-14(11)23-7-6-10(9-23)21-16(25)26-17(2,3)4/h8,10H,5-7,9,19H2,1-4H3,(H,21,25)/t10-/m0/s1. The third kappa shape index (κ3) is 3.72. The lowest BCUT2D eigenvalue weighted by Crippen LogP contribution is -2.40. The first-order valence-electron chi connectivity index (χ1n) is 8.75. The Morgan fingerprint density at radius 2 is 2.23 bits per heavy atom. The van der Waals surface area contributed by atoms with Crippen molar-refractivity contribution >= 4 is 39.3 Å². The van der Waals surface area contributed by atoms with Crippen LogP contribution >= 0.6 is 15.9 Å². The molecule has 0 spiro atoms. The van der Waals surface area contributed by atoms with Gasteiger partial charge >= 0.3 is 6.09 Å². The Morgan fingerprint density at radius 1 is 1.50 bits per heavy atom. The van der Waals surface area contributed by atoms with Crippen LogP contribution in [0.25, 0.3) is 5.65 Å². The van der Waals surface area contributed by atoms with Crippen molar-refractivity contribution in [2.75, 3.05) is 23.7 Å². The zero-order valence-electron chi connectivity index (χ0n) is 15.5. The maximum absolute atomic E-state index is 12.0. The fourth-order valence-electron chi connectivity index (χ4n) is 3.15. The predicted octanol–water partition coefficient (Wildman–Crippen LogP) is 2.74. The molecule has 2 aromatic rings. The number of nitrogen functional groups attached to an aromatic ring is 1. The van der Waals surface area contributed by atoms with E-state index in [9.17, 15) is 4.79 Å². The van der Waals surface area contributed by atoms with Gasteiger partial charge in [-0.25, -0.2) is 9.78 Å². The van der Waals surface area contributed by atoms with E-state index in [4.69, 9.17) is 15.5 Å². The zero-order chi connectivity index (χ0) is 19.1. The maximum atomic E-state index is 12.0. The van der Waals surface area contributed by atoms with E-state index in [-0.39, 0.29) is 12.1 Å². The van der Waals surface area contributed by atoms with Crippen LogP contribution in [0.4, 0.5) is 16.4 Å². The molecule has 8 nitrogen and oxygen atoms in total. The Morgan fingerprint density at radius 3 is 2.88 bits per heavy atom. The topological polar surface area (TPSA) is 97.8 Å². The number of nitrogens with one attached hydrogen (secondary N) is 1. The number of rotatable bonds is 3. The molecule has 0 radical (unpaired) electrons. The molecule has 0 aromatic carbocycles. The number of nitrogens with two attached hydrogens (primary N) is 1. The number of hydrogen-bond donors (Lipinski definition) is 2. The molecule has 1 atom stereocenters. The molecule has 9 heteroatoms. The number of hydrogen-bond acceptors (Lipinski definition) is 6. The Bertz CT molecular complexity index is 829. The van der Waals surface area contributed by atoms with Gasteiger partial charge in [-0.2, -0.15) is 9.61 Å². The molecular formula is C17H25BrN6O2. The summed E-state index contributed by atoms with van der Waals surface area (Å²) in [6.07, 6.45) is 2.89. The predicted molar refractivity (Wildman–Crippen MR) is 104 cm³/mol. The van der Waals surface area contributed by atoms with Crippen LogP contribution in [0.3, 0.4) is 0 Å². The third-order valence-corrected chi connectivity index (χ3v) is 4.84. The van der Waals surface area contributed by atoms with Gasteiger partial charge in [-0.15, -0.1) is 0 Å². The fourth-order valence-corrected chi connectivity index (χ4v) is 3.50. The second-order valence-electron chi connectivity index (χ2n) is 7.46. The van der Waals surface area contributed by atoms with Crippen molar-refractivity contribution in [3.63, 3.8) is 0 Å². The van der Waals surface area contributed by atoms with E-state index in [0.717, 1.165) is 35.2 Å². The molecule has 3 rings (SSSR count). The van der Waals surface area contributed by atoms with E-state index in [1.807, 2.05) is 27.7 Å². The van der Waals surface area contributed by atoms with E-state index in [1.165, 1.54) is 0 Å². The van der Waals surface area contributed by atoms with Crippen LogP contribution < -0.4 is 16.0 Å². The molecule has 1 aliphatic heterocycles. The molecule has 3 N–H and O–H groups in total. The van der Waals surface area contributed by atoms with Crippen LogP contribution in [-0.2, 0) is 11.2 Å². The highest BCUT2D eigenvalue weighted by Gasteiger charge is 2.29. The highest BCUT2D eigenvalue weighted by atomic mass is 79.9. The number of fused-ring (bicyclic) bond motifs is 1. The van der Waals surface area contributed by atoms with Crippen molar-refractivity contribution in [1.29, 1.82) is 0 Å². The quantitative estimate of drug-likeness (QED) is 0.785. The van der Waals surface area contributed by atoms with E-state index in [1.54, 1.807) is 10.7 Å². The fraction of sp³-hybridized carbons (Fsp3) is 0.588. The number of alkyl carbamates (subject to hydrolysis) is 1. The minimum atomic E-state index is -0.507. The van der Waals surface area contributed by atoms with Gasteiger partial charge < -0.3 is 20.7 Å². The molecule has 2 aromatic heterocycles. The van der Waals surface area contributed by atoms with Gasteiger partial charge in [0.05, 0.1) is 16.7 Å². The van der Waals surface area contributed by atoms with Crippen LogP contribution in [-0.4, -0.2) is 45.4 Å². The Hall–Kier alpha value is -2.03. The van der Waals surface area contributed by atoms with Crippen LogP contribution in [0, 0.1) is 0 Å². The molecule has 3 heterocycles. The Kier molecular flexibility index (Phi) is 5.01. The lowest BCUT2D eigenvalue weighted by Gasteiger charge is -2.23. The molecule has 0 bridgehead atoms. The van der Waals surface area contributed by atoms with Crippen LogP contribution in [0.15, 0.2) is 10.7 Å². The van der Waals surface area contributed by atoms with E-state index in [2.05, 4.69) is 31.2 Å². The van der Waals surface area contributed by atoms with Gasteiger partial charge in [0.1, 0.15) is 17.2 Å². The van der Waals surface area contributed by atoms with Gasteiger partial charge in [0.25, 0.3) is 0 Å². The lowest BCUT2D eigenvalue weighted by atomic mass is 10.2. The summed E-state index contributed by atoms with van der Waals surface area (Å²) in [5.74, 6) is 1.45. The van der Waals surface area contributed by atoms with E-state index >= 15 is 0 Å². The van der Waals surface area contributed by atoms with Crippen LogP contribution in [0.1, 0.15) is 39.7 Å². The van der Waals surface area contributed by atoms with Crippen molar-refractivity contribution < 1.29 is 9.53 Å². The van der Waals surface area contributed by atoms with Crippen LogP contribution in [0.5, 0.6) is 0 Å². The molecule has 0 aliphatic carbocycles. The van der Waals surface area contributed by atoms with Crippen molar-refractivity contribution in [1.82, 2.24) is 19.9 Å². The molecule has 1 aliphatic rings. The second-order valence-corrected chi connectivity index (χ2v) is 8.31. The monoisotopic (exact) mass is 424 g/mol. The minimum absolute atomic E-state index is 0.0159. The summed E-state index contributed by atoms with van der Waals surface area (Å²) >= 11 is 3.47. The van der Waals surface area contributed by atoms with Crippen molar-refractivity contribution in [3.05, 3.63) is 16.2 Å². The summed E-state index contributed by atoms with van der Waals surface area (Å²) in [4.78, 5) is 19.0. The molecule has 1 fully saturated rings. The number of aromatic nitrogens is 3. The summed E-state index contributed by atoms with van der Waals surface area (Å²) in [5, 5.41) is 7.21. The minimum Gasteiger partial charge on any atom is -0.444 e. The van der Waals surface area contributed by atoms with Crippen molar-refractivity contribution in [3.8, 4) is 0 Å². The number of anilines is 2. The maximum Gasteiger partial charge on any atom is 0.407 e. The van der Waals surface area contributed by atoms with E-state index in [0.29, 0.717) is 18.0 Å². The average Bonchev–Trinajstić information content (AvgIpc) is 3.13. The summed E-state index contributed by atoms with van der Waals surface area (Å²) in [5.41, 5.74) is 7.47. The largest absolute Gasteiger partial charge is 0.444 e. The second kappa shape index (κ2) is 6.94. The van der Waals surface area contributed by atoms with Crippen molar-refractivity contribution in [2.24, 2.45) is 0 Å². The number of nitrogens with zero attached hydrogens (tertiary/aromatic N) is 4. The summed E-state index contributed by atoms with van der Waals surface area (Å²) in [7, 11) is 0. The molecule has 0 unspecified atom stereocenters. The Labute approximate surface area is 161 Å². The van der Waals surface area contributed by atoms with Gasteiger partial charge in [-0.05, 0) is 49.5 Å². The highest BCUT2D eigenvalue weighted by molar-refractivity contribution is 9.10. The smallest absolute Gasteiger partial charge is 0.407 e. The first kappa shape index (κ1) is 18.8. The number of carbonyl (C=O) groups is 1. The van der Waals surface area contributed by atoms with Gasteiger partial charge in [0.15, 0.2) is 5.65 Å². The molecular weight excluding hydrogens is 400 g/mol. The Balaban J connectivity index is 1.80. The normalized spacial score (nSPS) is 17.7. The lowest BCUT2D eigenvalue weighted by molar-refractivity contribution is 0.0509. The van der Waals surface area contributed by atoms with Gasteiger partial charge in [0.2, 0.25) is 0 Å². The van der Waals surface area contributed by atoms with Crippen molar-refractivity contribution in [2.45, 2.75) is 52.2 Å². The molecule has 1 saturated heterocycles. The summed E-state index contributed by atoms with van der Waals surface area (Å²) in [6, 6.07) is 0.0159. The van der Waals surface area contributed by atoms with Gasteiger partial charge in [-0.1, -0.05) is 6.92 Å². The van der Waals surface area contributed by atoms with E-state index < -0.39 is 5.60 Å². The summed E-state index contributed by atoms with van der Waals surface area (Å²) in [6.45, 7) is 9.07. The van der Waals surface area contributed by atoms with Gasteiger partial charge in [0, 0.05) is 18.7 Å². The zero-order valence-corrected chi connectivity index (χ0v) is 17.1. The van der Waals surface area contributed by atoms with Gasteiger partial charge in [-0.3, -0.25) is 0 Å². The average molecular weight is 425 g/mol. The third-order valence-electron chi connectivity index (χ3n) is 4.28. The number of halogens is 1. The number of carbonyl (C=O) groups excluding carboxylic acids is 1. The first-order chi connectivity index (χ1) is 12.2. The summed E-state index contributed by atoms with van der Waals surface area (Å²) < 4.78 is 7.80. The molecule has 1 amide bonds. The highest BCUT2D eigenvalue weighted by Crippen LogP contribution is 2.30. The molecule has 26 heavy (non-hydrogen) atoms. The SMILES string of the molecule is CCc1c(N2CC[C@H](NC(=O)OC(C)(C)C)C2)nc2c(Br)cnn2c1N. The van der Waals surface area contributed by atoms with Crippen LogP contribution in [0.2, 0.25) is 0 Å². The molecule has 0 saturated carbocycles. The number of ether oxygens (including phenoxy) is 1. The molecule has 142 valence electrons.